The van der Waals surface area contributed by atoms with Crippen LogP contribution in [0.2, 0.25) is 0 Å². The van der Waals surface area contributed by atoms with Gasteiger partial charge in [0.2, 0.25) is 0 Å². The fourth-order valence-electron chi connectivity index (χ4n) is 0.919. The van der Waals surface area contributed by atoms with Crippen LogP contribution in [0, 0.1) is 5.41 Å². The van der Waals surface area contributed by atoms with E-state index in [4.69, 9.17) is 0 Å². The first-order valence-electron chi connectivity index (χ1n) is 3.76. The minimum Gasteiger partial charge on any atom is -0.351 e. The molecule has 0 atom stereocenters. The van der Waals surface area contributed by atoms with Gasteiger partial charge in [0.1, 0.15) is 0 Å². The van der Waals surface area contributed by atoms with Crippen molar-refractivity contribution in [3.05, 3.63) is 0 Å². The second kappa shape index (κ2) is 2.18. The molecule has 0 saturated heterocycles. The monoisotopic (exact) mass is 153 g/mol. The predicted molar refractivity (Wildman–Crippen MR) is 40.0 cm³/mol. The van der Waals surface area contributed by atoms with Crippen molar-refractivity contribution in [3.8, 4) is 0 Å². The van der Waals surface area contributed by atoms with E-state index in [9.17, 15) is 0 Å². The molecule has 2 rings (SSSR count). The number of aromatic amines is 1. The highest BCUT2D eigenvalue weighted by atomic mass is 15.5. The van der Waals surface area contributed by atoms with E-state index in [-0.39, 0.29) is 0 Å². The van der Waals surface area contributed by atoms with Gasteiger partial charge in [0.25, 0.3) is 5.95 Å². The Balaban J connectivity index is 1.83. The molecule has 0 radical (unpaired) electrons. The topological polar surface area (TPSA) is 66.5 Å². The van der Waals surface area contributed by atoms with Crippen molar-refractivity contribution in [2.24, 2.45) is 5.41 Å². The van der Waals surface area contributed by atoms with Crippen LogP contribution in [0.25, 0.3) is 0 Å². The zero-order chi connectivity index (χ0) is 7.73. The third-order valence-electron chi connectivity index (χ3n) is 2.12. The van der Waals surface area contributed by atoms with Gasteiger partial charge in [-0.25, -0.2) is 0 Å². The second-order valence-electron chi connectivity index (χ2n) is 3.40. The molecule has 1 aromatic heterocycles. The second-order valence-corrected chi connectivity index (χ2v) is 3.40. The van der Waals surface area contributed by atoms with E-state index >= 15 is 0 Å². The summed E-state index contributed by atoms with van der Waals surface area (Å²) in [5, 5.41) is 16.5. The molecule has 1 heterocycles. The molecular formula is C6H11N5. The number of nitrogens with one attached hydrogen (secondary N) is 2. The summed E-state index contributed by atoms with van der Waals surface area (Å²) in [6, 6.07) is 0. The lowest BCUT2D eigenvalue weighted by Crippen LogP contribution is -2.12. The summed E-state index contributed by atoms with van der Waals surface area (Å²) < 4.78 is 0. The normalized spacial score (nSPS) is 19.7. The van der Waals surface area contributed by atoms with E-state index < -0.39 is 0 Å². The lowest BCUT2D eigenvalue weighted by Gasteiger charge is -2.06. The molecular weight excluding hydrogens is 142 g/mol. The average Bonchev–Trinajstić information content (AvgIpc) is 2.53. The van der Waals surface area contributed by atoms with Gasteiger partial charge in [0, 0.05) is 6.54 Å². The van der Waals surface area contributed by atoms with Crippen LogP contribution < -0.4 is 5.32 Å². The van der Waals surface area contributed by atoms with Gasteiger partial charge >= 0.3 is 0 Å². The van der Waals surface area contributed by atoms with Crippen LogP contribution in [-0.2, 0) is 0 Å². The molecule has 0 unspecified atom stereocenters. The highest BCUT2D eigenvalue weighted by Gasteiger charge is 2.36. The predicted octanol–water partition coefficient (Wildman–Crippen LogP) is 0.412. The molecule has 5 nitrogen and oxygen atoms in total. The Morgan fingerprint density at radius 1 is 1.64 bits per heavy atom. The largest absolute Gasteiger partial charge is 0.351 e. The van der Waals surface area contributed by atoms with Gasteiger partial charge in [-0.1, -0.05) is 12.0 Å². The number of aromatic nitrogens is 4. The van der Waals surface area contributed by atoms with Crippen molar-refractivity contribution in [2.45, 2.75) is 19.8 Å². The van der Waals surface area contributed by atoms with Crippen molar-refractivity contribution < 1.29 is 0 Å². The van der Waals surface area contributed by atoms with Crippen molar-refractivity contribution >= 4 is 5.95 Å². The Bertz CT molecular complexity index is 225. The smallest absolute Gasteiger partial charge is 0.263 e. The molecule has 0 amide bonds. The van der Waals surface area contributed by atoms with E-state index in [0.717, 1.165) is 6.54 Å². The summed E-state index contributed by atoms with van der Waals surface area (Å²) in [4.78, 5) is 0. The van der Waals surface area contributed by atoms with E-state index in [1.54, 1.807) is 0 Å². The van der Waals surface area contributed by atoms with Gasteiger partial charge in [-0.2, -0.15) is 5.21 Å². The number of hydrogen-bond acceptors (Lipinski definition) is 4. The lowest BCUT2D eigenvalue weighted by atomic mass is 10.1. The fraction of sp³-hybridized carbons (Fsp3) is 0.833. The highest BCUT2D eigenvalue weighted by Crippen LogP contribution is 2.44. The first kappa shape index (κ1) is 6.57. The van der Waals surface area contributed by atoms with Crippen molar-refractivity contribution in [1.82, 2.24) is 20.6 Å². The van der Waals surface area contributed by atoms with Crippen molar-refractivity contribution in [1.29, 1.82) is 0 Å². The molecule has 1 aromatic rings. The van der Waals surface area contributed by atoms with Crippen LogP contribution in [0.3, 0.4) is 0 Å². The van der Waals surface area contributed by atoms with Gasteiger partial charge in [-0.05, 0) is 23.5 Å². The molecule has 2 N–H and O–H groups in total. The third-order valence-corrected chi connectivity index (χ3v) is 2.12. The fourth-order valence-corrected chi connectivity index (χ4v) is 0.919. The molecule has 1 saturated carbocycles. The van der Waals surface area contributed by atoms with Gasteiger partial charge in [0.15, 0.2) is 0 Å². The summed E-state index contributed by atoms with van der Waals surface area (Å²) in [5.74, 6) is 0.595. The molecule has 1 aliphatic carbocycles. The molecule has 0 aromatic carbocycles. The zero-order valence-electron chi connectivity index (χ0n) is 6.46. The van der Waals surface area contributed by atoms with Crippen LogP contribution in [0.4, 0.5) is 5.95 Å². The highest BCUT2D eigenvalue weighted by molar-refractivity contribution is 5.20. The molecule has 0 aliphatic heterocycles. The van der Waals surface area contributed by atoms with Crippen LogP contribution in [0.5, 0.6) is 0 Å². The Morgan fingerprint density at radius 3 is 3.00 bits per heavy atom. The maximum atomic E-state index is 3.79. The van der Waals surface area contributed by atoms with E-state index in [0.29, 0.717) is 11.4 Å². The van der Waals surface area contributed by atoms with Crippen molar-refractivity contribution in [3.63, 3.8) is 0 Å². The number of hydrogen-bond donors (Lipinski definition) is 2. The molecule has 0 spiro atoms. The SMILES string of the molecule is CC1(CNc2nn[nH]n2)CC1. The van der Waals surface area contributed by atoms with Crippen LogP contribution >= 0.6 is 0 Å². The van der Waals surface area contributed by atoms with Gasteiger partial charge < -0.3 is 5.32 Å². The molecule has 11 heavy (non-hydrogen) atoms. The summed E-state index contributed by atoms with van der Waals surface area (Å²) in [6.07, 6.45) is 2.61. The first-order chi connectivity index (χ1) is 5.29. The molecule has 0 bridgehead atoms. The number of tetrazole rings is 1. The van der Waals surface area contributed by atoms with Crippen LogP contribution in [-0.4, -0.2) is 27.2 Å². The Labute approximate surface area is 64.6 Å². The minimum atomic E-state index is 0.487. The van der Waals surface area contributed by atoms with E-state index in [1.165, 1.54) is 12.8 Å². The first-order valence-corrected chi connectivity index (χ1v) is 3.76. The van der Waals surface area contributed by atoms with Gasteiger partial charge in [-0.3, -0.25) is 0 Å². The molecule has 1 fully saturated rings. The summed E-state index contributed by atoms with van der Waals surface area (Å²) in [6.45, 7) is 3.20. The number of nitrogens with zero attached hydrogens (tertiary/aromatic N) is 3. The molecule has 5 heteroatoms. The Hall–Kier alpha value is -1.13. The van der Waals surface area contributed by atoms with Crippen molar-refractivity contribution in [2.75, 3.05) is 11.9 Å². The molecule has 1 aliphatic rings. The standard InChI is InChI=1S/C6H11N5/c1-6(2-3-6)4-7-5-8-10-11-9-5/h2-4H2,1H3,(H2,7,8,9,10,11). The average molecular weight is 153 g/mol. The van der Waals surface area contributed by atoms with E-state index in [2.05, 4.69) is 32.9 Å². The number of H-pyrrole nitrogens is 1. The maximum Gasteiger partial charge on any atom is 0.263 e. The minimum absolute atomic E-state index is 0.487. The summed E-state index contributed by atoms with van der Waals surface area (Å²) in [7, 11) is 0. The third kappa shape index (κ3) is 1.47. The Kier molecular flexibility index (Phi) is 1.30. The van der Waals surface area contributed by atoms with Crippen LogP contribution in [0.15, 0.2) is 0 Å². The Morgan fingerprint density at radius 2 is 2.45 bits per heavy atom. The maximum absolute atomic E-state index is 3.79. The zero-order valence-corrected chi connectivity index (χ0v) is 6.46. The molecule has 60 valence electrons. The summed E-state index contributed by atoms with van der Waals surface area (Å²) >= 11 is 0. The number of rotatable bonds is 3. The number of anilines is 1. The van der Waals surface area contributed by atoms with Gasteiger partial charge in [-0.15, -0.1) is 5.10 Å². The summed E-state index contributed by atoms with van der Waals surface area (Å²) in [5.41, 5.74) is 0.487. The van der Waals surface area contributed by atoms with Crippen LogP contribution in [0.1, 0.15) is 19.8 Å². The van der Waals surface area contributed by atoms with E-state index in [1.807, 2.05) is 0 Å². The lowest BCUT2D eigenvalue weighted by molar-refractivity contribution is 0.608. The van der Waals surface area contributed by atoms with Gasteiger partial charge in [0.05, 0.1) is 0 Å². The quantitative estimate of drug-likeness (QED) is 0.660.